The van der Waals surface area contributed by atoms with Crippen molar-refractivity contribution in [3.05, 3.63) is 22.7 Å². The fraction of sp³-hybridized carbons (Fsp3) is 0.737. The maximum Gasteiger partial charge on any atom is 0.351 e. The van der Waals surface area contributed by atoms with Crippen LogP contribution in [0.3, 0.4) is 0 Å². The fourth-order valence-corrected chi connectivity index (χ4v) is 3.16. The molecule has 1 aliphatic heterocycles. The van der Waals surface area contributed by atoms with Gasteiger partial charge in [-0.15, -0.1) is 0 Å². The molecule has 182 valence electrons. The van der Waals surface area contributed by atoms with E-state index in [2.05, 4.69) is 10.5 Å². The Hall–Kier alpha value is -2.13. The van der Waals surface area contributed by atoms with E-state index in [0.717, 1.165) is 4.57 Å². The minimum atomic E-state index is -1.44. The van der Waals surface area contributed by atoms with E-state index in [0.29, 0.717) is 0 Å². The summed E-state index contributed by atoms with van der Waals surface area (Å²) in [5, 5.41) is 29.1. The summed E-state index contributed by atoms with van der Waals surface area (Å²) in [6, 6.07) is 1.31. The average Bonchev–Trinajstić information content (AvgIpc) is 3.04. The Morgan fingerprint density at radius 1 is 1.25 bits per heavy atom. The van der Waals surface area contributed by atoms with E-state index in [1.54, 1.807) is 0 Å². The topological polar surface area (TPSA) is 171 Å². The van der Waals surface area contributed by atoms with Crippen LogP contribution in [0, 0.1) is 5.41 Å². The number of hydrogen-bond acceptors (Lipinski definition) is 12. The molecule has 1 aromatic rings. The van der Waals surface area contributed by atoms with Crippen LogP contribution in [0.1, 0.15) is 20.1 Å². The number of nitrogens with one attached hydrogen (secondary N) is 1. The average molecular weight is 461 g/mol. The molecular weight excluding hydrogens is 430 g/mol. The second-order valence-electron chi connectivity index (χ2n) is 7.73. The number of methoxy groups -OCH3 is 2. The zero-order valence-electron chi connectivity index (χ0n) is 18.5. The van der Waals surface area contributed by atoms with Crippen LogP contribution in [-0.2, 0) is 28.6 Å². The largest absolute Gasteiger partial charge is 0.394 e. The van der Waals surface area contributed by atoms with Gasteiger partial charge in [0.05, 0.1) is 32.5 Å². The Balaban J connectivity index is 2.11. The van der Waals surface area contributed by atoms with Gasteiger partial charge in [0.1, 0.15) is 23.7 Å². The summed E-state index contributed by atoms with van der Waals surface area (Å²) in [5.41, 5.74) is 0.219. The summed E-state index contributed by atoms with van der Waals surface area (Å²) in [6.45, 7) is 3.02. The van der Waals surface area contributed by atoms with Gasteiger partial charge in [0.15, 0.2) is 12.0 Å². The van der Waals surface area contributed by atoms with Gasteiger partial charge in [0.25, 0.3) is 0 Å². The molecule has 0 amide bonds. The summed E-state index contributed by atoms with van der Waals surface area (Å²) in [4.78, 5) is 34.0. The molecule has 32 heavy (non-hydrogen) atoms. The predicted molar refractivity (Wildman–Crippen MR) is 108 cm³/mol. The number of aromatic nitrogens is 2. The van der Waals surface area contributed by atoms with Crippen molar-refractivity contribution in [1.29, 1.82) is 0 Å². The SMILES string of the molecule is COCC(COC)(COC(C)C)C(=O)ONc1ccn([C@@H]2O[C@H](CO)[C@@H](O)[C@H]2O)c(=O)n1. The third-order valence-corrected chi connectivity index (χ3v) is 4.84. The molecule has 13 heteroatoms. The third-order valence-electron chi connectivity index (χ3n) is 4.84. The number of nitrogens with zero attached hydrogens (tertiary/aromatic N) is 2. The number of hydrogen-bond donors (Lipinski definition) is 4. The molecule has 0 spiro atoms. The number of ether oxygens (including phenoxy) is 4. The highest BCUT2D eigenvalue weighted by atomic mass is 16.7. The maximum absolute atomic E-state index is 12.8. The number of carbonyl (C=O) groups is 1. The number of anilines is 1. The van der Waals surface area contributed by atoms with Crippen molar-refractivity contribution in [2.75, 3.05) is 46.1 Å². The van der Waals surface area contributed by atoms with Crippen molar-refractivity contribution in [3.63, 3.8) is 0 Å². The van der Waals surface area contributed by atoms with Gasteiger partial charge in [-0.25, -0.2) is 15.1 Å². The third kappa shape index (κ3) is 6.01. The first-order chi connectivity index (χ1) is 15.2. The van der Waals surface area contributed by atoms with Crippen molar-refractivity contribution in [2.24, 2.45) is 5.41 Å². The van der Waals surface area contributed by atoms with Gasteiger partial charge in [0.2, 0.25) is 0 Å². The van der Waals surface area contributed by atoms with Crippen molar-refractivity contribution in [1.82, 2.24) is 9.55 Å². The summed E-state index contributed by atoms with van der Waals surface area (Å²) in [6.07, 6.45) is -3.97. The van der Waals surface area contributed by atoms with Gasteiger partial charge in [-0.05, 0) is 13.8 Å². The smallest absolute Gasteiger partial charge is 0.351 e. The molecule has 2 heterocycles. The minimum absolute atomic E-state index is 0.0207. The van der Waals surface area contributed by atoms with Gasteiger partial charge < -0.3 is 39.1 Å². The van der Waals surface area contributed by atoms with Gasteiger partial charge >= 0.3 is 11.7 Å². The summed E-state index contributed by atoms with van der Waals surface area (Å²) >= 11 is 0. The zero-order valence-corrected chi connectivity index (χ0v) is 18.5. The van der Waals surface area contributed by atoms with Crippen LogP contribution in [0.4, 0.5) is 5.82 Å². The van der Waals surface area contributed by atoms with Crippen LogP contribution in [0.15, 0.2) is 17.1 Å². The molecule has 0 unspecified atom stereocenters. The van der Waals surface area contributed by atoms with Crippen LogP contribution in [0.2, 0.25) is 0 Å². The van der Waals surface area contributed by atoms with Crippen LogP contribution in [0.5, 0.6) is 0 Å². The van der Waals surface area contributed by atoms with Crippen molar-refractivity contribution in [3.8, 4) is 0 Å². The summed E-state index contributed by atoms with van der Waals surface area (Å²) in [5.74, 6) is -0.823. The number of rotatable bonds is 12. The molecule has 1 aromatic heterocycles. The van der Waals surface area contributed by atoms with E-state index in [-0.39, 0.29) is 31.7 Å². The van der Waals surface area contributed by atoms with E-state index < -0.39 is 48.2 Å². The second kappa shape index (κ2) is 11.7. The fourth-order valence-electron chi connectivity index (χ4n) is 3.16. The first-order valence-corrected chi connectivity index (χ1v) is 9.97. The standard InChI is InChI=1S/C19H31N3O10/c1-11(2)30-10-19(8-28-3,9-29-4)17(26)32-21-13-5-6-22(18(27)20-13)16-15(25)14(24)12(7-23)31-16/h5-6,11-12,14-16,23-25H,7-10H2,1-4H3,(H,20,21,27)/t12-,14-,15-,16-/m1/s1. The van der Waals surface area contributed by atoms with E-state index in [1.165, 1.54) is 26.5 Å². The van der Waals surface area contributed by atoms with Crippen LogP contribution in [-0.4, -0.2) is 95.9 Å². The molecule has 13 nitrogen and oxygen atoms in total. The van der Waals surface area contributed by atoms with Gasteiger partial charge in [0, 0.05) is 26.5 Å². The Morgan fingerprint density at radius 3 is 2.41 bits per heavy atom. The molecule has 0 aromatic carbocycles. The molecule has 1 saturated heterocycles. The van der Waals surface area contributed by atoms with Crippen LogP contribution in [0.25, 0.3) is 0 Å². The summed E-state index contributed by atoms with van der Waals surface area (Å²) in [7, 11) is 2.86. The molecule has 0 bridgehead atoms. The highest BCUT2D eigenvalue weighted by molar-refractivity contribution is 5.78. The first-order valence-electron chi connectivity index (χ1n) is 9.97. The number of aliphatic hydroxyl groups excluding tert-OH is 3. The molecule has 4 N–H and O–H groups in total. The summed E-state index contributed by atoms with van der Waals surface area (Å²) < 4.78 is 22.2. The first kappa shape index (κ1) is 26.1. The van der Waals surface area contributed by atoms with Crippen molar-refractivity contribution < 1.29 is 43.9 Å². The highest BCUT2D eigenvalue weighted by Crippen LogP contribution is 2.28. The molecular formula is C19H31N3O10. The Bertz CT molecular complexity index is 796. The van der Waals surface area contributed by atoms with Gasteiger partial charge in [-0.1, -0.05) is 0 Å². The second-order valence-corrected chi connectivity index (χ2v) is 7.73. The number of carbonyl (C=O) groups excluding carboxylic acids is 1. The molecule has 2 rings (SSSR count). The molecule has 0 saturated carbocycles. The van der Waals surface area contributed by atoms with E-state index in [1.807, 2.05) is 13.8 Å². The Labute approximate surface area is 184 Å². The Morgan fingerprint density at radius 2 is 1.91 bits per heavy atom. The van der Waals surface area contributed by atoms with Crippen LogP contribution >= 0.6 is 0 Å². The van der Waals surface area contributed by atoms with Gasteiger partial charge in [-0.3, -0.25) is 4.57 Å². The molecule has 1 fully saturated rings. The van der Waals surface area contributed by atoms with E-state index in [9.17, 15) is 24.9 Å². The molecule has 4 atom stereocenters. The lowest BCUT2D eigenvalue weighted by molar-refractivity contribution is -0.168. The lowest BCUT2D eigenvalue weighted by Gasteiger charge is -2.30. The molecule has 1 aliphatic rings. The van der Waals surface area contributed by atoms with Crippen LogP contribution < -0.4 is 11.2 Å². The predicted octanol–water partition coefficient (Wildman–Crippen LogP) is -1.57. The van der Waals surface area contributed by atoms with E-state index in [4.69, 9.17) is 23.8 Å². The normalized spacial score (nSPS) is 23.5. The lowest BCUT2D eigenvalue weighted by atomic mass is 9.91. The van der Waals surface area contributed by atoms with Crippen molar-refractivity contribution >= 4 is 11.8 Å². The van der Waals surface area contributed by atoms with Gasteiger partial charge in [-0.2, -0.15) is 4.98 Å². The van der Waals surface area contributed by atoms with Crippen molar-refractivity contribution in [2.45, 2.75) is 44.5 Å². The van der Waals surface area contributed by atoms with E-state index >= 15 is 0 Å². The minimum Gasteiger partial charge on any atom is -0.394 e. The highest BCUT2D eigenvalue weighted by Gasteiger charge is 2.44. The quantitative estimate of drug-likeness (QED) is 0.264. The Kier molecular flexibility index (Phi) is 9.51. The zero-order chi connectivity index (χ0) is 23.9. The maximum atomic E-state index is 12.8. The molecule has 0 aliphatic carbocycles. The lowest BCUT2D eigenvalue weighted by Crippen LogP contribution is -2.46. The molecule has 0 radical (unpaired) electrons. The monoisotopic (exact) mass is 461 g/mol. The number of aliphatic hydroxyl groups is 3.